The Bertz CT molecular complexity index is 1260. The van der Waals surface area contributed by atoms with Crippen molar-refractivity contribution >= 4 is 22.9 Å². The van der Waals surface area contributed by atoms with Crippen LogP contribution in [0.2, 0.25) is 0 Å². The van der Waals surface area contributed by atoms with E-state index in [0.717, 1.165) is 21.9 Å². The quantitative estimate of drug-likeness (QED) is 0.320. The monoisotopic (exact) mass is 428 g/mol. The zero-order valence-corrected chi connectivity index (χ0v) is 17.4. The molecule has 0 radical (unpaired) electrons. The zero-order valence-electron chi connectivity index (χ0n) is 17.4. The van der Waals surface area contributed by atoms with Crippen LogP contribution in [0.5, 0.6) is 11.5 Å². The first kappa shape index (κ1) is 21.1. The summed E-state index contributed by atoms with van der Waals surface area (Å²) >= 11 is 0. The Labute approximate surface area is 185 Å². The maximum absolute atomic E-state index is 13.0. The highest BCUT2D eigenvalue weighted by Gasteiger charge is 2.08. The number of ether oxygens (including phenoxy) is 2. The van der Waals surface area contributed by atoms with Crippen LogP contribution in [0.3, 0.4) is 0 Å². The van der Waals surface area contributed by atoms with E-state index in [9.17, 15) is 9.18 Å². The molecule has 0 saturated heterocycles. The molecule has 1 N–H and O–H groups in total. The van der Waals surface area contributed by atoms with Gasteiger partial charge in [-0.25, -0.2) is 9.82 Å². The SMILES string of the molecule is COc1cc(/C=N\NC(=O)c2ccc(F)cc2)ccc1OCc1cccc2ccccc12. The summed E-state index contributed by atoms with van der Waals surface area (Å²) in [4.78, 5) is 12.0. The Morgan fingerprint density at radius 2 is 1.75 bits per heavy atom. The van der Waals surface area contributed by atoms with E-state index in [4.69, 9.17) is 9.47 Å². The number of methoxy groups -OCH3 is 1. The van der Waals surface area contributed by atoms with Crippen molar-refractivity contribution in [1.29, 1.82) is 0 Å². The number of benzene rings is 4. The van der Waals surface area contributed by atoms with Crippen molar-refractivity contribution in [2.45, 2.75) is 6.61 Å². The molecule has 6 heteroatoms. The van der Waals surface area contributed by atoms with Gasteiger partial charge in [0.2, 0.25) is 0 Å². The summed E-state index contributed by atoms with van der Waals surface area (Å²) in [5.41, 5.74) is 4.54. The summed E-state index contributed by atoms with van der Waals surface area (Å²) in [6, 6.07) is 24.9. The first-order valence-electron chi connectivity index (χ1n) is 10.0. The second-order valence-electron chi connectivity index (χ2n) is 7.04. The third kappa shape index (κ3) is 4.92. The lowest BCUT2D eigenvalue weighted by molar-refractivity contribution is 0.0955. The van der Waals surface area contributed by atoms with E-state index in [0.29, 0.717) is 23.7 Å². The summed E-state index contributed by atoms with van der Waals surface area (Å²) < 4.78 is 24.4. The summed E-state index contributed by atoms with van der Waals surface area (Å²) in [6.45, 7) is 0.402. The lowest BCUT2D eigenvalue weighted by Crippen LogP contribution is -2.17. The van der Waals surface area contributed by atoms with E-state index in [-0.39, 0.29) is 0 Å². The van der Waals surface area contributed by atoms with Gasteiger partial charge in [-0.15, -0.1) is 0 Å². The fourth-order valence-corrected chi connectivity index (χ4v) is 3.29. The van der Waals surface area contributed by atoms with Crippen molar-refractivity contribution in [2.75, 3.05) is 7.11 Å². The first-order valence-corrected chi connectivity index (χ1v) is 10.0. The van der Waals surface area contributed by atoms with Crippen LogP contribution in [0.25, 0.3) is 10.8 Å². The van der Waals surface area contributed by atoms with Crippen molar-refractivity contribution in [2.24, 2.45) is 5.10 Å². The van der Waals surface area contributed by atoms with E-state index in [2.05, 4.69) is 28.7 Å². The molecule has 0 saturated carbocycles. The maximum Gasteiger partial charge on any atom is 0.271 e. The largest absolute Gasteiger partial charge is 0.493 e. The highest BCUT2D eigenvalue weighted by molar-refractivity contribution is 5.94. The number of hydrogen-bond acceptors (Lipinski definition) is 4. The fourth-order valence-electron chi connectivity index (χ4n) is 3.29. The summed E-state index contributed by atoms with van der Waals surface area (Å²) in [7, 11) is 1.57. The Hall–Kier alpha value is -4.19. The molecule has 4 aromatic carbocycles. The Balaban J connectivity index is 1.42. The molecule has 0 aromatic heterocycles. The smallest absolute Gasteiger partial charge is 0.271 e. The molecule has 4 rings (SSSR count). The second-order valence-corrected chi connectivity index (χ2v) is 7.04. The highest BCUT2D eigenvalue weighted by atomic mass is 19.1. The molecule has 160 valence electrons. The zero-order chi connectivity index (χ0) is 22.3. The number of hydrazone groups is 1. The summed E-state index contributed by atoms with van der Waals surface area (Å²) in [5, 5.41) is 6.27. The third-order valence-corrected chi connectivity index (χ3v) is 4.94. The van der Waals surface area contributed by atoms with Crippen LogP contribution in [0.1, 0.15) is 21.5 Å². The predicted molar refractivity (Wildman–Crippen MR) is 123 cm³/mol. The van der Waals surface area contributed by atoms with Crippen molar-refractivity contribution in [3.05, 3.63) is 107 Å². The average molecular weight is 428 g/mol. The van der Waals surface area contributed by atoms with Gasteiger partial charge in [-0.3, -0.25) is 4.79 Å². The molecule has 0 atom stereocenters. The second kappa shape index (κ2) is 9.75. The minimum absolute atomic E-state index is 0.318. The molecule has 1 amide bonds. The van der Waals surface area contributed by atoms with Crippen LogP contribution in [-0.2, 0) is 6.61 Å². The van der Waals surface area contributed by atoms with E-state index in [1.165, 1.54) is 30.5 Å². The fraction of sp³-hybridized carbons (Fsp3) is 0.0769. The number of nitrogens with one attached hydrogen (secondary N) is 1. The van der Waals surface area contributed by atoms with E-state index in [1.807, 2.05) is 30.3 Å². The third-order valence-electron chi connectivity index (χ3n) is 4.94. The lowest BCUT2D eigenvalue weighted by Gasteiger charge is -2.12. The van der Waals surface area contributed by atoms with Crippen LogP contribution in [0, 0.1) is 5.82 Å². The molecule has 0 aliphatic rings. The van der Waals surface area contributed by atoms with Gasteiger partial charge in [-0.1, -0.05) is 42.5 Å². The van der Waals surface area contributed by atoms with Crippen molar-refractivity contribution in [1.82, 2.24) is 5.43 Å². The van der Waals surface area contributed by atoms with Gasteiger partial charge in [0.15, 0.2) is 11.5 Å². The summed E-state index contributed by atoms with van der Waals surface area (Å²) in [5.74, 6) is 0.329. The number of nitrogens with zero attached hydrogens (tertiary/aromatic N) is 1. The van der Waals surface area contributed by atoms with Crippen molar-refractivity contribution < 1.29 is 18.7 Å². The van der Waals surface area contributed by atoms with Gasteiger partial charge in [0.05, 0.1) is 13.3 Å². The molecule has 5 nitrogen and oxygen atoms in total. The van der Waals surface area contributed by atoms with E-state index < -0.39 is 11.7 Å². The van der Waals surface area contributed by atoms with Crippen LogP contribution in [-0.4, -0.2) is 19.2 Å². The molecule has 0 fully saturated rings. The van der Waals surface area contributed by atoms with Crippen LogP contribution in [0.15, 0.2) is 90.0 Å². The molecule has 0 unspecified atom stereocenters. The Morgan fingerprint density at radius 1 is 0.969 bits per heavy atom. The van der Waals surface area contributed by atoms with Crippen LogP contribution in [0.4, 0.5) is 4.39 Å². The molecule has 0 bridgehead atoms. The number of carbonyl (C=O) groups excluding carboxylic acids is 1. The van der Waals surface area contributed by atoms with Gasteiger partial charge in [-0.05, 0) is 64.4 Å². The number of amides is 1. The minimum Gasteiger partial charge on any atom is -0.493 e. The van der Waals surface area contributed by atoms with Gasteiger partial charge in [0.1, 0.15) is 12.4 Å². The van der Waals surface area contributed by atoms with Gasteiger partial charge >= 0.3 is 0 Å². The Morgan fingerprint density at radius 3 is 2.56 bits per heavy atom. The van der Waals surface area contributed by atoms with Gasteiger partial charge < -0.3 is 9.47 Å². The van der Waals surface area contributed by atoms with E-state index >= 15 is 0 Å². The number of halogens is 1. The topological polar surface area (TPSA) is 59.9 Å². The van der Waals surface area contributed by atoms with Crippen molar-refractivity contribution in [3.8, 4) is 11.5 Å². The highest BCUT2D eigenvalue weighted by Crippen LogP contribution is 2.29. The molecular weight excluding hydrogens is 407 g/mol. The number of fused-ring (bicyclic) bond motifs is 1. The Kier molecular flexibility index (Phi) is 6.41. The predicted octanol–water partition coefficient (Wildman–Crippen LogP) is 5.33. The molecule has 4 aromatic rings. The first-order chi connectivity index (χ1) is 15.6. The number of carbonyl (C=O) groups is 1. The average Bonchev–Trinajstić information content (AvgIpc) is 2.83. The maximum atomic E-state index is 13.0. The molecule has 0 aliphatic carbocycles. The van der Waals surface area contributed by atoms with Gasteiger partial charge in [0, 0.05) is 5.56 Å². The normalized spacial score (nSPS) is 10.9. The standard InChI is InChI=1S/C26H21FN2O3/c1-31-25-15-18(16-28-29-26(30)20-10-12-22(27)13-11-20)9-14-24(25)32-17-21-7-4-6-19-5-2-3-8-23(19)21/h2-16H,17H2,1H3,(H,29,30)/b28-16-. The molecule has 0 heterocycles. The lowest BCUT2D eigenvalue weighted by atomic mass is 10.1. The molecule has 0 aliphatic heterocycles. The molecule has 0 spiro atoms. The number of rotatable bonds is 7. The van der Waals surface area contributed by atoms with E-state index in [1.54, 1.807) is 19.2 Å². The molecular formula is C26H21FN2O3. The minimum atomic E-state index is -0.428. The van der Waals surface area contributed by atoms with Gasteiger partial charge in [0.25, 0.3) is 5.91 Å². The van der Waals surface area contributed by atoms with Crippen molar-refractivity contribution in [3.63, 3.8) is 0 Å². The van der Waals surface area contributed by atoms with Crippen LogP contribution >= 0.6 is 0 Å². The molecule has 32 heavy (non-hydrogen) atoms. The van der Waals surface area contributed by atoms with Gasteiger partial charge in [-0.2, -0.15) is 5.10 Å². The summed E-state index contributed by atoms with van der Waals surface area (Å²) in [6.07, 6.45) is 1.50. The number of hydrogen-bond donors (Lipinski definition) is 1. The van der Waals surface area contributed by atoms with Crippen LogP contribution < -0.4 is 14.9 Å².